The van der Waals surface area contributed by atoms with Crippen molar-refractivity contribution in [2.75, 3.05) is 0 Å². The van der Waals surface area contributed by atoms with E-state index in [4.69, 9.17) is 0 Å². The predicted molar refractivity (Wildman–Crippen MR) is 95.8 cm³/mol. The third-order valence-corrected chi connectivity index (χ3v) is 3.81. The number of ketones is 2. The molecule has 1 aliphatic rings. The Labute approximate surface area is 141 Å². The maximum atomic E-state index is 12.0. The summed E-state index contributed by atoms with van der Waals surface area (Å²) in [7, 11) is 0. The standard InChI is InChI=1S/C15H20O2.C3H6O.C2H6/c1-11-5-2-3-7-13(11)15(17)10-9-12-6-4-8-14(12)16;1-3(2)4;1-2/h2-3,5,7,12,14,16H,4,6,8-10H2,1H3;1-2H3;1-2H3. The molecule has 0 spiro atoms. The fraction of sp³-hybridized carbons (Fsp3) is 0.600. The number of carbonyl (C=O) groups excluding carboxylic acids is 2. The third kappa shape index (κ3) is 8.65. The van der Waals surface area contributed by atoms with Gasteiger partial charge in [0.05, 0.1) is 6.10 Å². The highest BCUT2D eigenvalue weighted by molar-refractivity contribution is 5.97. The second kappa shape index (κ2) is 12.0. The molecule has 0 heterocycles. The highest BCUT2D eigenvalue weighted by Crippen LogP contribution is 2.29. The molecule has 3 nitrogen and oxygen atoms in total. The minimum atomic E-state index is -0.181. The second-order valence-corrected chi connectivity index (χ2v) is 5.94. The molecule has 2 rings (SSSR count). The molecule has 2 unspecified atom stereocenters. The number of benzene rings is 1. The van der Waals surface area contributed by atoms with Crippen molar-refractivity contribution in [3.63, 3.8) is 0 Å². The molecule has 1 N–H and O–H groups in total. The molecule has 1 aliphatic carbocycles. The Morgan fingerprint density at radius 2 is 1.70 bits per heavy atom. The number of hydrogen-bond acceptors (Lipinski definition) is 3. The Morgan fingerprint density at radius 1 is 1.13 bits per heavy atom. The molecule has 0 aliphatic heterocycles. The van der Waals surface area contributed by atoms with Crippen LogP contribution in [0, 0.1) is 12.8 Å². The van der Waals surface area contributed by atoms with E-state index in [-0.39, 0.29) is 17.7 Å². The fourth-order valence-electron chi connectivity index (χ4n) is 2.69. The van der Waals surface area contributed by atoms with Crippen LogP contribution in [0.2, 0.25) is 0 Å². The van der Waals surface area contributed by atoms with E-state index in [1.54, 1.807) is 0 Å². The molecule has 0 aromatic heterocycles. The summed E-state index contributed by atoms with van der Waals surface area (Å²) >= 11 is 0. The molecule has 1 fully saturated rings. The minimum absolute atomic E-state index is 0.167. The molecule has 2 atom stereocenters. The van der Waals surface area contributed by atoms with Crippen LogP contribution >= 0.6 is 0 Å². The van der Waals surface area contributed by atoms with Crippen molar-refractivity contribution in [1.82, 2.24) is 0 Å². The van der Waals surface area contributed by atoms with Crippen LogP contribution in [-0.4, -0.2) is 22.8 Å². The molecular weight excluding hydrogens is 288 g/mol. The molecule has 3 heteroatoms. The lowest BCUT2D eigenvalue weighted by atomic mass is 9.94. The van der Waals surface area contributed by atoms with Crippen molar-refractivity contribution in [3.8, 4) is 0 Å². The van der Waals surface area contributed by atoms with Gasteiger partial charge in [0.2, 0.25) is 0 Å². The van der Waals surface area contributed by atoms with Crippen molar-refractivity contribution < 1.29 is 14.7 Å². The zero-order chi connectivity index (χ0) is 17.8. The van der Waals surface area contributed by atoms with Crippen molar-refractivity contribution in [3.05, 3.63) is 35.4 Å². The number of aliphatic hydroxyl groups excluding tert-OH is 1. The molecule has 0 bridgehead atoms. The lowest BCUT2D eigenvalue weighted by Crippen LogP contribution is -2.14. The van der Waals surface area contributed by atoms with Gasteiger partial charge in [0, 0.05) is 12.0 Å². The Hall–Kier alpha value is -1.48. The summed E-state index contributed by atoms with van der Waals surface area (Å²) in [5.41, 5.74) is 1.88. The van der Waals surface area contributed by atoms with Crippen LogP contribution in [-0.2, 0) is 4.79 Å². The van der Waals surface area contributed by atoms with E-state index in [1.807, 2.05) is 45.0 Å². The quantitative estimate of drug-likeness (QED) is 0.815. The summed E-state index contributed by atoms with van der Waals surface area (Å²) in [5, 5.41) is 9.72. The Balaban J connectivity index is 0.000000705. The van der Waals surface area contributed by atoms with Gasteiger partial charge in [-0.05, 0) is 51.5 Å². The Kier molecular flexibility index (Phi) is 11.2. The van der Waals surface area contributed by atoms with Crippen molar-refractivity contribution in [1.29, 1.82) is 0 Å². The smallest absolute Gasteiger partial charge is 0.163 e. The lowest BCUT2D eigenvalue weighted by Gasteiger charge is -2.13. The van der Waals surface area contributed by atoms with Crippen LogP contribution in [0.1, 0.15) is 75.7 Å². The van der Waals surface area contributed by atoms with Gasteiger partial charge in [0.25, 0.3) is 0 Å². The summed E-state index contributed by atoms with van der Waals surface area (Å²) in [6, 6.07) is 7.72. The first-order valence-electron chi connectivity index (χ1n) is 8.66. The average Bonchev–Trinajstić information content (AvgIpc) is 2.92. The largest absolute Gasteiger partial charge is 0.393 e. The predicted octanol–water partition coefficient (Wildman–Crippen LogP) is 4.74. The van der Waals surface area contributed by atoms with Gasteiger partial charge in [-0.15, -0.1) is 0 Å². The lowest BCUT2D eigenvalue weighted by molar-refractivity contribution is -0.115. The second-order valence-electron chi connectivity index (χ2n) is 5.94. The first kappa shape index (κ1) is 21.5. The molecule has 0 saturated heterocycles. The molecule has 0 radical (unpaired) electrons. The molecule has 23 heavy (non-hydrogen) atoms. The summed E-state index contributed by atoms with van der Waals surface area (Å²) in [4.78, 5) is 21.5. The number of aliphatic hydroxyl groups is 1. The summed E-state index contributed by atoms with van der Waals surface area (Å²) < 4.78 is 0. The first-order chi connectivity index (χ1) is 10.9. The third-order valence-electron chi connectivity index (χ3n) is 3.81. The van der Waals surface area contributed by atoms with Crippen LogP contribution in [0.15, 0.2) is 24.3 Å². The van der Waals surface area contributed by atoms with Gasteiger partial charge in [0.15, 0.2) is 5.78 Å². The monoisotopic (exact) mass is 320 g/mol. The SMILES string of the molecule is CC.CC(C)=O.Cc1ccccc1C(=O)CCC1CCCC1O. The molecule has 0 amide bonds. The Bertz CT molecular complexity index is 476. The topological polar surface area (TPSA) is 54.4 Å². The summed E-state index contributed by atoms with van der Waals surface area (Å²) in [6.07, 6.45) is 4.29. The number of hydrogen-bond donors (Lipinski definition) is 1. The number of Topliss-reactive ketones (excluding diaryl/α,β-unsaturated/α-hetero) is 2. The van der Waals surface area contributed by atoms with E-state index in [0.717, 1.165) is 36.8 Å². The highest BCUT2D eigenvalue weighted by atomic mass is 16.3. The first-order valence-corrected chi connectivity index (χ1v) is 8.66. The molecular formula is C20H32O3. The molecule has 1 aromatic rings. The van der Waals surface area contributed by atoms with Crippen LogP contribution in [0.25, 0.3) is 0 Å². The highest BCUT2D eigenvalue weighted by Gasteiger charge is 2.25. The van der Waals surface area contributed by atoms with Gasteiger partial charge in [-0.2, -0.15) is 0 Å². The van der Waals surface area contributed by atoms with Crippen molar-refractivity contribution >= 4 is 11.6 Å². The van der Waals surface area contributed by atoms with Crippen molar-refractivity contribution in [2.45, 2.75) is 72.8 Å². The van der Waals surface area contributed by atoms with Gasteiger partial charge in [0.1, 0.15) is 5.78 Å². The fourth-order valence-corrected chi connectivity index (χ4v) is 2.69. The molecule has 1 saturated carbocycles. The number of carbonyl (C=O) groups is 2. The van der Waals surface area contributed by atoms with E-state index in [0.29, 0.717) is 12.3 Å². The van der Waals surface area contributed by atoms with E-state index >= 15 is 0 Å². The number of aryl methyl sites for hydroxylation is 1. The zero-order valence-corrected chi connectivity index (χ0v) is 15.3. The van der Waals surface area contributed by atoms with E-state index in [9.17, 15) is 14.7 Å². The summed E-state index contributed by atoms with van der Waals surface area (Å²) in [5.74, 6) is 0.713. The van der Waals surface area contributed by atoms with Gasteiger partial charge in [-0.1, -0.05) is 44.5 Å². The zero-order valence-electron chi connectivity index (χ0n) is 15.3. The maximum absolute atomic E-state index is 12.0. The average molecular weight is 320 g/mol. The summed E-state index contributed by atoms with van der Waals surface area (Å²) in [6.45, 7) is 9.03. The van der Waals surface area contributed by atoms with E-state index in [2.05, 4.69) is 0 Å². The van der Waals surface area contributed by atoms with Crippen LogP contribution < -0.4 is 0 Å². The normalized spacial score (nSPS) is 19.0. The Morgan fingerprint density at radius 3 is 2.17 bits per heavy atom. The number of rotatable bonds is 4. The van der Waals surface area contributed by atoms with Crippen LogP contribution in [0.3, 0.4) is 0 Å². The molecule has 1 aromatic carbocycles. The van der Waals surface area contributed by atoms with Crippen LogP contribution in [0.5, 0.6) is 0 Å². The van der Waals surface area contributed by atoms with E-state index < -0.39 is 0 Å². The van der Waals surface area contributed by atoms with E-state index in [1.165, 1.54) is 13.8 Å². The van der Waals surface area contributed by atoms with Gasteiger partial charge in [-0.3, -0.25) is 4.79 Å². The van der Waals surface area contributed by atoms with Gasteiger partial charge >= 0.3 is 0 Å². The maximum Gasteiger partial charge on any atom is 0.163 e. The molecule has 130 valence electrons. The van der Waals surface area contributed by atoms with Crippen molar-refractivity contribution in [2.24, 2.45) is 5.92 Å². The van der Waals surface area contributed by atoms with Crippen LogP contribution in [0.4, 0.5) is 0 Å². The van der Waals surface area contributed by atoms with Gasteiger partial charge in [-0.25, -0.2) is 0 Å². The minimum Gasteiger partial charge on any atom is -0.393 e. The van der Waals surface area contributed by atoms with Gasteiger partial charge < -0.3 is 9.90 Å².